The molecule has 1 fully saturated rings. The number of aromatic nitrogens is 2. The largest absolute Gasteiger partial charge is 0.338 e. The van der Waals surface area contributed by atoms with E-state index in [4.69, 9.17) is 0 Å². The van der Waals surface area contributed by atoms with Crippen molar-refractivity contribution in [3.63, 3.8) is 0 Å². The van der Waals surface area contributed by atoms with Gasteiger partial charge in [0, 0.05) is 6.54 Å². The number of aldehydes is 1. The molecule has 1 atom stereocenters. The van der Waals surface area contributed by atoms with Gasteiger partial charge in [-0.2, -0.15) is 0 Å². The number of aromatic amines is 1. The van der Waals surface area contributed by atoms with E-state index in [0.29, 0.717) is 5.69 Å². The molecule has 0 amide bonds. The molecule has 5 heteroatoms. The van der Waals surface area contributed by atoms with E-state index >= 15 is 0 Å². The number of nitrogens with one attached hydrogen (secondary N) is 1. The molecule has 1 aromatic rings. The zero-order chi connectivity index (χ0) is 11.5. The van der Waals surface area contributed by atoms with Crippen LogP contribution < -0.4 is 0 Å². The van der Waals surface area contributed by atoms with Gasteiger partial charge in [-0.1, -0.05) is 0 Å². The third-order valence-electron chi connectivity index (χ3n) is 3.13. The van der Waals surface area contributed by atoms with Crippen LogP contribution in [-0.2, 0) is 0 Å². The molecule has 1 N–H and O–H groups in total. The van der Waals surface area contributed by atoms with E-state index in [1.165, 1.54) is 6.42 Å². The number of hydrogen-bond donors (Lipinski definition) is 1. The van der Waals surface area contributed by atoms with Gasteiger partial charge in [0.2, 0.25) is 0 Å². The van der Waals surface area contributed by atoms with Crippen molar-refractivity contribution in [2.24, 2.45) is 0 Å². The topological polar surface area (TPSA) is 52.2 Å². The van der Waals surface area contributed by atoms with Crippen molar-refractivity contribution in [3.8, 4) is 0 Å². The first-order valence-electron chi connectivity index (χ1n) is 5.59. The van der Waals surface area contributed by atoms with Crippen LogP contribution in [0.25, 0.3) is 0 Å². The smallest absolute Gasteiger partial charge is 0.167 e. The van der Waals surface area contributed by atoms with Crippen molar-refractivity contribution in [2.45, 2.75) is 12.5 Å². The highest BCUT2D eigenvalue weighted by Gasteiger charge is 2.24. The Labute approximate surface area is 95.5 Å². The van der Waals surface area contributed by atoms with E-state index in [1.807, 2.05) is 0 Å². The fourth-order valence-corrected chi connectivity index (χ4v) is 2.15. The average Bonchev–Trinajstić information content (AvgIpc) is 2.67. The Kier molecular flexibility index (Phi) is 3.36. The Bertz CT molecular complexity index is 363. The van der Waals surface area contributed by atoms with Gasteiger partial charge in [-0.3, -0.25) is 9.69 Å². The van der Waals surface area contributed by atoms with Crippen LogP contribution >= 0.6 is 0 Å². The molecule has 1 saturated heterocycles. The lowest BCUT2D eigenvalue weighted by Crippen LogP contribution is -2.31. The van der Waals surface area contributed by atoms with Crippen LogP contribution in [-0.4, -0.2) is 59.8 Å². The van der Waals surface area contributed by atoms with Gasteiger partial charge in [0.25, 0.3) is 0 Å². The van der Waals surface area contributed by atoms with Crippen LogP contribution in [0.2, 0.25) is 0 Å². The number of carbonyl (C=O) groups excluding carboxylic acids is 1. The van der Waals surface area contributed by atoms with Gasteiger partial charge in [-0.25, -0.2) is 4.98 Å². The lowest BCUT2D eigenvalue weighted by molar-refractivity contribution is 0.111. The van der Waals surface area contributed by atoms with Gasteiger partial charge in [0.05, 0.1) is 17.9 Å². The van der Waals surface area contributed by atoms with Crippen LogP contribution in [0.5, 0.6) is 0 Å². The molecule has 2 rings (SSSR count). The van der Waals surface area contributed by atoms with Gasteiger partial charge in [-0.05, 0) is 33.6 Å². The number of nitrogens with zero attached hydrogens (tertiary/aromatic N) is 3. The summed E-state index contributed by atoms with van der Waals surface area (Å²) in [6, 6.07) is 0.251. The van der Waals surface area contributed by atoms with Crippen molar-refractivity contribution in [2.75, 3.05) is 33.7 Å². The normalized spacial score (nSPS) is 24.2. The lowest BCUT2D eigenvalue weighted by atomic mass is 10.2. The summed E-state index contributed by atoms with van der Waals surface area (Å²) in [4.78, 5) is 22.6. The van der Waals surface area contributed by atoms with E-state index < -0.39 is 0 Å². The first-order chi connectivity index (χ1) is 7.70. The molecular formula is C11H18N4O. The van der Waals surface area contributed by atoms with Crippen molar-refractivity contribution >= 4 is 6.29 Å². The minimum Gasteiger partial charge on any atom is -0.338 e. The summed E-state index contributed by atoms with van der Waals surface area (Å²) < 4.78 is 0. The molecule has 2 heterocycles. The van der Waals surface area contributed by atoms with E-state index in [1.54, 1.807) is 6.20 Å². The van der Waals surface area contributed by atoms with E-state index in [9.17, 15) is 4.79 Å². The molecule has 88 valence electrons. The van der Waals surface area contributed by atoms with Crippen LogP contribution in [0.4, 0.5) is 0 Å². The molecule has 16 heavy (non-hydrogen) atoms. The molecule has 5 nitrogen and oxygen atoms in total. The van der Waals surface area contributed by atoms with Crippen LogP contribution in [0.15, 0.2) is 6.20 Å². The number of H-pyrrole nitrogens is 1. The molecule has 0 saturated carbocycles. The second-order valence-corrected chi connectivity index (χ2v) is 4.45. The number of carbonyl (C=O) groups is 1. The Balaban J connectivity index is 2.18. The molecule has 1 aliphatic heterocycles. The third kappa shape index (κ3) is 2.31. The van der Waals surface area contributed by atoms with Crippen molar-refractivity contribution in [3.05, 3.63) is 17.7 Å². The third-order valence-corrected chi connectivity index (χ3v) is 3.13. The highest BCUT2D eigenvalue weighted by atomic mass is 16.1. The first-order valence-corrected chi connectivity index (χ1v) is 5.59. The number of hydrogen-bond acceptors (Lipinski definition) is 4. The quantitative estimate of drug-likeness (QED) is 0.742. The summed E-state index contributed by atoms with van der Waals surface area (Å²) in [7, 11) is 4.22. The molecule has 0 bridgehead atoms. The van der Waals surface area contributed by atoms with Crippen molar-refractivity contribution < 1.29 is 4.79 Å². The number of rotatable bonds is 2. The van der Waals surface area contributed by atoms with Crippen molar-refractivity contribution in [1.82, 2.24) is 19.8 Å². The Morgan fingerprint density at radius 2 is 2.31 bits per heavy atom. The van der Waals surface area contributed by atoms with Gasteiger partial charge in [0.15, 0.2) is 6.29 Å². The highest BCUT2D eigenvalue weighted by molar-refractivity contribution is 5.71. The first kappa shape index (κ1) is 11.3. The maximum Gasteiger partial charge on any atom is 0.167 e. The van der Waals surface area contributed by atoms with E-state index in [-0.39, 0.29) is 6.04 Å². The zero-order valence-electron chi connectivity index (χ0n) is 9.81. The Morgan fingerprint density at radius 1 is 1.50 bits per heavy atom. The van der Waals surface area contributed by atoms with E-state index in [2.05, 4.69) is 33.9 Å². The average molecular weight is 222 g/mol. The fourth-order valence-electron chi connectivity index (χ4n) is 2.15. The summed E-state index contributed by atoms with van der Waals surface area (Å²) in [5.74, 6) is 0.887. The number of imidazole rings is 1. The molecule has 0 radical (unpaired) electrons. The second-order valence-electron chi connectivity index (χ2n) is 4.45. The van der Waals surface area contributed by atoms with Crippen LogP contribution in [0.1, 0.15) is 28.8 Å². The second kappa shape index (κ2) is 4.76. The van der Waals surface area contributed by atoms with Crippen LogP contribution in [0, 0.1) is 0 Å². The SMILES string of the molecule is CN1CCCN(C)C(c2ncc(C=O)[nH]2)C1. The number of likely N-dealkylation sites (N-methyl/N-ethyl adjacent to an activating group) is 2. The molecule has 1 aliphatic rings. The van der Waals surface area contributed by atoms with Gasteiger partial charge in [0.1, 0.15) is 5.82 Å². The summed E-state index contributed by atoms with van der Waals surface area (Å²) in [5, 5.41) is 0. The van der Waals surface area contributed by atoms with Gasteiger partial charge in [-0.15, -0.1) is 0 Å². The van der Waals surface area contributed by atoms with Gasteiger partial charge >= 0.3 is 0 Å². The summed E-state index contributed by atoms with van der Waals surface area (Å²) in [6.45, 7) is 3.12. The monoisotopic (exact) mass is 222 g/mol. The Hall–Kier alpha value is -1.20. The Morgan fingerprint density at radius 3 is 3.00 bits per heavy atom. The molecule has 1 aromatic heterocycles. The van der Waals surface area contributed by atoms with Crippen LogP contribution in [0.3, 0.4) is 0 Å². The van der Waals surface area contributed by atoms with Gasteiger partial charge < -0.3 is 9.88 Å². The summed E-state index contributed by atoms with van der Waals surface area (Å²) >= 11 is 0. The summed E-state index contributed by atoms with van der Waals surface area (Å²) in [6.07, 6.45) is 3.57. The molecule has 0 aliphatic carbocycles. The molecule has 0 aromatic carbocycles. The zero-order valence-corrected chi connectivity index (χ0v) is 9.81. The minimum atomic E-state index is 0.251. The lowest BCUT2D eigenvalue weighted by Gasteiger charge is -2.25. The minimum absolute atomic E-state index is 0.251. The fraction of sp³-hybridized carbons (Fsp3) is 0.636. The molecular weight excluding hydrogens is 204 g/mol. The van der Waals surface area contributed by atoms with Crippen molar-refractivity contribution in [1.29, 1.82) is 0 Å². The molecule has 0 spiro atoms. The predicted octanol–water partition coefficient (Wildman–Crippen LogP) is 0.531. The summed E-state index contributed by atoms with van der Waals surface area (Å²) in [5.41, 5.74) is 0.551. The standard InChI is InChI=1S/C11H18N4O/c1-14-4-3-5-15(2)10(7-14)11-12-6-9(8-16)13-11/h6,8,10H,3-5,7H2,1-2H3,(H,12,13). The predicted molar refractivity (Wildman–Crippen MR) is 61.5 cm³/mol. The maximum atomic E-state index is 10.6. The van der Waals surface area contributed by atoms with E-state index in [0.717, 1.165) is 31.7 Å². The maximum absolute atomic E-state index is 10.6. The highest BCUT2D eigenvalue weighted by Crippen LogP contribution is 2.20. The molecule has 1 unspecified atom stereocenters.